The van der Waals surface area contributed by atoms with Crippen molar-refractivity contribution in [1.29, 1.82) is 0 Å². The lowest BCUT2D eigenvalue weighted by atomic mass is 9.90. The van der Waals surface area contributed by atoms with Gasteiger partial charge in [-0.3, -0.25) is 9.59 Å². The molecule has 20 heavy (non-hydrogen) atoms. The molecular weight excluding hydrogens is 256 g/mol. The van der Waals surface area contributed by atoms with E-state index in [-0.39, 0.29) is 12.5 Å². The van der Waals surface area contributed by atoms with Crippen molar-refractivity contribution in [1.82, 2.24) is 0 Å². The van der Waals surface area contributed by atoms with E-state index in [0.717, 1.165) is 5.56 Å². The zero-order valence-corrected chi connectivity index (χ0v) is 12.2. The number of Topliss-reactive ketones (excluding diaryl/α,β-unsaturated/α-hetero) is 1. The molecule has 0 fully saturated rings. The van der Waals surface area contributed by atoms with Crippen molar-refractivity contribution >= 4 is 11.8 Å². The van der Waals surface area contributed by atoms with Crippen LogP contribution in [0.2, 0.25) is 0 Å². The van der Waals surface area contributed by atoms with Crippen LogP contribution in [-0.2, 0) is 20.9 Å². The Bertz CT molecular complexity index is 439. The molecule has 0 amide bonds. The maximum atomic E-state index is 12.1. The summed E-state index contributed by atoms with van der Waals surface area (Å²) >= 11 is 0. The molecule has 1 rings (SSSR count). The van der Waals surface area contributed by atoms with E-state index in [1.54, 1.807) is 0 Å². The van der Waals surface area contributed by atoms with Gasteiger partial charge in [0.15, 0.2) is 5.78 Å². The molecule has 0 saturated heterocycles. The molecule has 0 saturated carbocycles. The van der Waals surface area contributed by atoms with Gasteiger partial charge in [-0.05, 0) is 24.8 Å². The highest BCUT2D eigenvalue weighted by atomic mass is 16.5. The fraction of sp³-hybridized carbons (Fsp3) is 0.500. The van der Waals surface area contributed by atoms with Crippen LogP contribution in [0.15, 0.2) is 30.3 Å². The molecule has 1 N–H and O–H groups in total. The Balaban J connectivity index is 2.65. The Morgan fingerprint density at radius 3 is 2.30 bits per heavy atom. The highest BCUT2D eigenvalue weighted by Gasteiger charge is 2.31. The predicted octanol–water partition coefficient (Wildman–Crippen LogP) is 2.34. The van der Waals surface area contributed by atoms with Crippen LogP contribution in [0.25, 0.3) is 0 Å². The van der Waals surface area contributed by atoms with E-state index in [2.05, 4.69) is 0 Å². The average Bonchev–Trinajstić information content (AvgIpc) is 2.42. The highest BCUT2D eigenvalue weighted by Crippen LogP contribution is 2.19. The summed E-state index contributed by atoms with van der Waals surface area (Å²) in [5.74, 6) is -1.54. The molecule has 2 unspecified atom stereocenters. The zero-order valence-electron chi connectivity index (χ0n) is 12.2. The van der Waals surface area contributed by atoms with Crippen molar-refractivity contribution in [3.8, 4) is 0 Å². The molecular formula is C16H22O4. The lowest BCUT2D eigenvalue weighted by molar-refractivity contribution is -0.157. The van der Waals surface area contributed by atoms with Gasteiger partial charge in [0.25, 0.3) is 0 Å². The number of benzene rings is 1. The highest BCUT2D eigenvalue weighted by molar-refractivity contribution is 5.86. The minimum atomic E-state index is -1.29. The topological polar surface area (TPSA) is 63.6 Å². The normalized spacial score (nSPS) is 13.8. The first-order valence-corrected chi connectivity index (χ1v) is 6.81. The van der Waals surface area contributed by atoms with Crippen LogP contribution < -0.4 is 0 Å². The molecule has 0 aliphatic heterocycles. The summed E-state index contributed by atoms with van der Waals surface area (Å²) in [5.41, 5.74) is 0.876. The molecule has 1 aromatic carbocycles. The Hall–Kier alpha value is -1.68. The van der Waals surface area contributed by atoms with E-state index < -0.39 is 23.8 Å². The fourth-order valence-corrected chi connectivity index (χ4v) is 1.98. The average molecular weight is 278 g/mol. The summed E-state index contributed by atoms with van der Waals surface area (Å²) in [4.78, 5) is 23.4. The lowest BCUT2D eigenvalue weighted by Gasteiger charge is -2.21. The number of carbonyl (C=O) groups excluding carboxylic acids is 2. The number of aliphatic hydroxyl groups is 1. The van der Waals surface area contributed by atoms with Gasteiger partial charge >= 0.3 is 5.97 Å². The van der Waals surface area contributed by atoms with Crippen molar-refractivity contribution in [2.24, 2.45) is 11.8 Å². The van der Waals surface area contributed by atoms with Gasteiger partial charge < -0.3 is 9.84 Å². The predicted molar refractivity (Wildman–Crippen MR) is 75.9 cm³/mol. The van der Waals surface area contributed by atoms with Gasteiger partial charge in [0, 0.05) is 0 Å². The minimum absolute atomic E-state index is 0.152. The first-order valence-electron chi connectivity index (χ1n) is 6.81. The standard InChI is InChI=1S/C16H22O4/c1-11(2)9-14(15(18)12(3)17)16(19)20-10-13-7-5-4-6-8-13/h4-8,11,14-15,18H,9-10H2,1-3H3. The van der Waals surface area contributed by atoms with Crippen LogP contribution in [0.3, 0.4) is 0 Å². The Labute approximate surface area is 119 Å². The van der Waals surface area contributed by atoms with E-state index in [1.807, 2.05) is 44.2 Å². The van der Waals surface area contributed by atoms with Crippen LogP contribution in [0.1, 0.15) is 32.8 Å². The van der Waals surface area contributed by atoms with Crippen LogP contribution in [0.5, 0.6) is 0 Å². The second kappa shape index (κ2) is 7.80. The number of hydrogen-bond acceptors (Lipinski definition) is 4. The third kappa shape index (κ3) is 5.13. The second-order valence-electron chi connectivity index (χ2n) is 5.38. The molecule has 0 heterocycles. The van der Waals surface area contributed by atoms with Gasteiger partial charge in [-0.2, -0.15) is 0 Å². The van der Waals surface area contributed by atoms with Gasteiger partial charge in [0.05, 0.1) is 5.92 Å². The van der Waals surface area contributed by atoms with E-state index in [4.69, 9.17) is 4.74 Å². The van der Waals surface area contributed by atoms with Crippen molar-refractivity contribution in [3.63, 3.8) is 0 Å². The van der Waals surface area contributed by atoms with E-state index in [1.165, 1.54) is 6.92 Å². The molecule has 110 valence electrons. The van der Waals surface area contributed by atoms with Crippen LogP contribution in [-0.4, -0.2) is 23.0 Å². The quantitative estimate of drug-likeness (QED) is 0.778. The lowest BCUT2D eigenvalue weighted by Crippen LogP contribution is -2.35. The van der Waals surface area contributed by atoms with Crippen molar-refractivity contribution in [3.05, 3.63) is 35.9 Å². The van der Waals surface area contributed by atoms with Crippen molar-refractivity contribution in [2.45, 2.75) is 39.9 Å². The first kappa shape index (κ1) is 16.4. The van der Waals surface area contributed by atoms with Crippen LogP contribution in [0.4, 0.5) is 0 Å². The second-order valence-corrected chi connectivity index (χ2v) is 5.38. The number of aliphatic hydroxyl groups excluding tert-OH is 1. The molecule has 2 atom stereocenters. The third-order valence-electron chi connectivity index (χ3n) is 3.05. The third-order valence-corrected chi connectivity index (χ3v) is 3.05. The molecule has 0 spiro atoms. The molecule has 0 bridgehead atoms. The fourth-order valence-electron chi connectivity index (χ4n) is 1.98. The minimum Gasteiger partial charge on any atom is -0.461 e. The molecule has 0 aliphatic carbocycles. The van der Waals surface area contributed by atoms with Crippen molar-refractivity contribution in [2.75, 3.05) is 0 Å². The molecule has 0 aliphatic rings. The van der Waals surface area contributed by atoms with E-state index in [9.17, 15) is 14.7 Å². The molecule has 0 aromatic heterocycles. The van der Waals surface area contributed by atoms with Gasteiger partial charge in [-0.1, -0.05) is 44.2 Å². The van der Waals surface area contributed by atoms with Gasteiger partial charge in [-0.25, -0.2) is 0 Å². The largest absolute Gasteiger partial charge is 0.461 e. The molecule has 1 aromatic rings. The number of esters is 1. The van der Waals surface area contributed by atoms with Crippen LogP contribution >= 0.6 is 0 Å². The SMILES string of the molecule is CC(=O)C(O)C(CC(C)C)C(=O)OCc1ccccc1. The van der Waals surface area contributed by atoms with Gasteiger partial charge in [-0.15, -0.1) is 0 Å². The summed E-state index contributed by atoms with van der Waals surface area (Å²) in [6.45, 7) is 5.30. The first-order chi connectivity index (χ1) is 9.41. The van der Waals surface area contributed by atoms with Crippen molar-refractivity contribution < 1.29 is 19.4 Å². The summed E-state index contributed by atoms with van der Waals surface area (Å²) < 4.78 is 5.21. The van der Waals surface area contributed by atoms with Gasteiger partial charge in [0.2, 0.25) is 0 Å². The summed E-state index contributed by atoms with van der Waals surface area (Å²) in [6.07, 6.45) is -0.866. The van der Waals surface area contributed by atoms with Gasteiger partial charge in [0.1, 0.15) is 12.7 Å². The number of ketones is 1. The Kier molecular flexibility index (Phi) is 6.39. The number of carbonyl (C=O) groups is 2. The number of rotatable bonds is 7. The monoisotopic (exact) mass is 278 g/mol. The van der Waals surface area contributed by atoms with E-state index >= 15 is 0 Å². The molecule has 0 radical (unpaired) electrons. The Morgan fingerprint density at radius 1 is 1.20 bits per heavy atom. The number of hydrogen-bond donors (Lipinski definition) is 1. The molecule has 4 heteroatoms. The Morgan fingerprint density at radius 2 is 1.80 bits per heavy atom. The summed E-state index contributed by atoms with van der Waals surface area (Å²) in [5, 5.41) is 9.85. The van der Waals surface area contributed by atoms with E-state index in [0.29, 0.717) is 6.42 Å². The number of ether oxygens (including phenoxy) is 1. The van der Waals surface area contributed by atoms with Crippen LogP contribution in [0, 0.1) is 11.8 Å². The summed E-state index contributed by atoms with van der Waals surface area (Å²) in [6, 6.07) is 9.31. The molecule has 4 nitrogen and oxygen atoms in total. The zero-order chi connectivity index (χ0) is 15.1. The maximum absolute atomic E-state index is 12.1. The smallest absolute Gasteiger partial charge is 0.312 e. The maximum Gasteiger partial charge on any atom is 0.312 e. The summed E-state index contributed by atoms with van der Waals surface area (Å²) in [7, 11) is 0.